The molecule has 0 unspecified atom stereocenters. The van der Waals surface area contributed by atoms with Crippen molar-refractivity contribution in [2.45, 2.75) is 19.5 Å². The Morgan fingerprint density at radius 2 is 2.00 bits per heavy atom. The van der Waals surface area contributed by atoms with Crippen molar-refractivity contribution in [1.82, 2.24) is 0 Å². The van der Waals surface area contributed by atoms with Crippen molar-refractivity contribution in [2.24, 2.45) is 0 Å². The third kappa shape index (κ3) is 3.41. The van der Waals surface area contributed by atoms with Crippen molar-refractivity contribution >= 4 is 21.6 Å². The smallest absolute Gasteiger partial charge is 0.385 e. The molecule has 0 aromatic heterocycles. The van der Waals surface area contributed by atoms with Gasteiger partial charge in [0.15, 0.2) is 0 Å². The van der Waals surface area contributed by atoms with Gasteiger partial charge in [-0.2, -0.15) is 13.2 Å². The molecular formula is C10H11BrF3N. The normalized spacial score (nSPS) is 11.5. The minimum Gasteiger partial charge on any atom is -0.385 e. The molecule has 0 bridgehead atoms. The lowest BCUT2D eigenvalue weighted by Crippen LogP contribution is -2.08. The first-order chi connectivity index (χ1) is 6.95. The molecule has 15 heavy (non-hydrogen) atoms. The van der Waals surface area contributed by atoms with Crippen molar-refractivity contribution in [2.75, 3.05) is 11.9 Å². The minimum absolute atomic E-state index is 0.0667. The first-order valence-electron chi connectivity index (χ1n) is 4.55. The fraction of sp³-hybridized carbons (Fsp3) is 0.400. The Kier molecular flexibility index (Phi) is 4.02. The average molecular weight is 282 g/mol. The second-order valence-electron chi connectivity index (χ2n) is 3.12. The van der Waals surface area contributed by atoms with Gasteiger partial charge in [-0.05, 0) is 24.6 Å². The van der Waals surface area contributed by atoms with Crippen LogP contribution in [-0.2, 0) is 6.18 Å². The average Bonchev–Trinajstić information content (AvgIpc) is 2.15. The Morgan fingerprint density at radius 1 is 1.33 bits per heavy atom. The topological polar surface area (TPSA) is 12.0 Å². The van der Waals surface area contributed by atoms with Crippen LogP contribution in [0.3, 0.4) is 0 Å². The van der Waals surface area contributed by atoms with Crippen LogP contribution < -0.4 is 5.32 Å². The van der Waals surface area contributed by atoms with Gasteiger partial charge in [0, 0.05) is 16.7 Å². The van der Waals surface area contributed by atoms with E-state index in [1.165, 1.54) is 6.07 Å². The lowest BCUT2D eigenvalue weighted by molar-refractivity contribution is -0.138. The fourth-order valence-electron chi connectivity index (χ4n) is 1.12. The Balaban J connectivity index is 2.95. The van der Waals surface area contributed by atoms with E-state index >= 15 is 0 Å². The molecule has 1 rings (SSSR count). The molecule has 0 spiro atoms. The summed E-state index contributed by atoms with van der Waals surface area (Å²) in [6, 6.07) is 4.13. The molecule has 0 radical (unpaired) electrons. The zero-order chi connectivity index (χ0) is 11.5. The number of hydrogen-bond acceptors (Lipinski definition) is 1. The van der Waals surface area contributed by atoms with E-state index < -0.39 is 11.7 Å². The highest BCUT2D eigenvalue weighted by Gasteiger charge is 2.33. The molecule has 0 aliphatic heterocycles. The number of halogens is 4. The number of alkyl halides is 3. The van der Waals surface area contributed by atoms with Crippen molar-refractivity contribution in [3.63, 3.8) is 0 Å². The highest BCUT2D eigenvalue weighted by molar-refractivity contribution is 9.10. The van der Waals surface area contributed by atoms with Gasteiger partial charge in [-0.3, -0.25) is 0 Å². The van der Waals surface area contributed by atoms with Gasteiger partial charge in [0.2, 0.25) is 0 Å². The van der Waals surface area contributed by atoms with Crippen molar-refractivity contribution in [3.8, 4) is 0 Å². The van der Waals surface area contributed by atoms with E-state index in [4.69, 9.17) is 0 Å². The molecule has 1 nitrogen and oxygen atoms in total. The summed E-state index contributed by atoms with van der Waals surface area (Å²) in [5.41, 5.74) is -0.157. The lowest BCUT2D eigenvalue weighted by atomic mass is 10.2. The first-order valence-corrected chi connectivity index (χ1v) is 5.35. The Bertz CT molecular complexity index is 336. The highest BCUT2D eigenvalue weighted by atomic mass is 79.9. The fourth-order valence-corrected chi connectivity index (χ4v) is 1.59. The van der Waals surface area contributed by atoms with E-state index in [1.807, 2.05) is 6.92 Å². The highest BCUT2D eigenvalue weighted by Crippen LogP contribution is 2.36. The third-order valence-electron chi connectivity index (χ3n) is 1.85. The van der Waals surface area contributed by atoms with Gasteiger partial charge < -0.3 is 5.32 Å². The molecule has 0 heterocycles. The summed E-state index contributed by atoms with van der Waals surface area (Å²) in [4.78, 5) is 0. The van der Waals surface area contributed by atoms with Crippen LogP contribution in [0.25, 0.3) is 0 Å². The van der Waals surface area contributed by atoms with Crippen LogP contribution in [-0.4, -0.2) is 6.54 Å². The second kappa shape index (κ2) is 4.88. The van der Waals surface area contributed by atoms with Gasteiger partial charge in [-0.1, -0.05) is 22.9 Å². The molecule has 1 aromatic carbocycles. The molecule has 0 aliphatic rings. The van der Waals surface area contributed by atoms with Crippen LogP contribution in [0.2, 0.25) is 0 Å². The second-order valence-corrected chi connectivity index (χ2v) is 3.97. The predicted molar refractivity (Wildman–Crippen MR) is 57.9 cm³/mol. The van der Waals surface area contributed by atoms with Crippen LogP contribution in [0.1, 0.15) is 18.9 Å². The molecule has 0 amide bonds. The van der Waals surface area contributed by atoms with E-state index in [1.54, 1.807) is 6.07 Å². The van der Waals surface area contributed by atoms with Crippen molar-refractivity contribution in [1.29, 1.82) is 0 Å². The number of anilines is 1. The summed E-state index contributed by atoms with van der Waals surface area (Å²) in [5.74, 6) is 0. The van der Waals surface area contributed by atoms with E-state index in [2.05, 4.69) is 21.2 Å². The quantitative estimate of drug-likeness (QED) is 0.872. The van der Waals surface area contributed by atoms with Gasteiger partial charge in [-0.15, -0.1) is 0 Å². The standard InChI is InChI=1S/C10H11BrF3N/c1-2-5-15-7-3-4-9(11)8(6-7)10(12,13)14/h3-4,6,15H,2,5H2,1H3. The monoisotopic (exact) mass is 281 g/mol. The van der Waals surface area contributed by atoms with Crippen LogP contribution in [0.15, 0.2) is 22.7 Å². The first kappa shape index (κ1) is 12.4. The predicted octanol–water partition coefficient (Wildman–Crippen LogP) is 4.29. The van der Waals surface area contributed by atoms with E-state index in [0.717, 1.165) is 12.5 Å². The van der Waals surface area contributed by atoms with Gasteiger partial charge in [0.05, 0.1) is 5.56 Å². The maximum absolute atomic E-state index is 12.5. The molecule has 0 fully saturated rings. The largest absolute Gasteiger partial charge is 0.417 e. The van der Waals surface area contributed by atoms with Crippen LogP contribution in [0.5, 0.6) is 0 Å². The molecule has 0 saturated heterocycles. The number of nitrogens with one attached hydrogen (secondary N) is 1. The van der Waals surface area contributed by atoms with Crippen molar-refractivity contribution < 1.29 is 13.2 Å². The molecule has 0 aliphatic carbocycles. The third-order valence-corrected chi connectivity index (χ3v) is 2.54. The maximum atomic E-state index is 12.5. The van der Waals surface area contributed by atoms with E-state index in [0.29, 0.717) is 12.2 Å². The number of benzene rings is 1. The van der Waals surface area contributed by atoms with E-state index in [-0.39, 0.29) is 4.47 Å². The summed E-state index contributed by atoms with van der Waals surface area (Å²) in [6.45, 7) is 2.62. The molecule has 84 valence electrons. The van der Waals surface area contributed by atoms with Gasteiger partial charge in [0.25, 0.3) is 0 Å². The van der Waals surface area contributed by atoms with Crippen molar-refractivity contribution in [3.05, 3.63) is 28.2 Å². The molecule has 0 saturated carbocycles. The number of rotatable bonds is 3. The SMILES string of the molecule is CCCNc1ccc(Br)c(C(F)(F)F)c1. The molecule has 1 aromatic rings. The zero-order valence-electron chi connectivity index (χ0n) is 8.16. The molecular weight excluding hydrogens is 271 g/mol. The molecule has 0 atom stereocenters. The van der Waals surface area contributed by atoms with Gasteiger partial charge in [-0.25, -0.2) is 0 Å². The zero-order valence-corrected chi connectivity index (χ0v) is 9.74. The molecule has 1 N–H and O–H groups in total. The summed E-state index contributed by atoms with van der Waals surface area (Å²) in [7, 11) is 0. The van der Waals surface area contributed by atoms with Gasteiger partial charge in [0.1, 0.15) is 0 Å². The maximum Gasteiger partial charge on any atom is 0.417 e. The summed E-state index contributed by atoms with van der Waals surface area (Å²) in [6.07, 6.45) is -3.44. The summed E-state index contributed by atoms with van der Waals surface area (Å²) in [5, 5.41) is 2.91. The minimum atomic E-state index is -4.32. The van der Waals surface area contributed by atoms with E-state index in [9.17, 15) is 13.2 Å². The Morgan fingerprint density at radius 3 is 2.53 bits per heavy atom. The number of hydrogen-bond donors (Lipinski definition) is 1. The molecule has 5 heteroatoms. The van der Waals surface area contributed by atoms with Crippen LogP contribution in [0, 0.1) is 0 Å². The summed E-state index contributed by atoms with van der Waals surface area (Å²) >= 11 is 2.89. The van der Waals surface area contributed by atoms with Crippen LogP contribution >= 0.6 is 15.9 Å². The summed E-state index contributed by atoms with van der Waals surface area (Å²) < 4.78 is 37.5. The lowest BCUT2D eigenvalue weighted by Gasteiger charge is -2.12. The van der Waals surface area contributed by atoms with Crippen LogP contribution in [0.4, 0.5) is 18.9 Å². The Labute approximate surface area is 94.8 Å². The Hall–Kier alpha value is -0.710. The van der Waals surface area contributed by atoms with Gasteiger partial charge >= 0.3 is 6.18 Å².